The Morgan fingerprint density at radius 3 is 2.44 bits per heavy atom. The van der Waals surface area contributed by atoms with Gasteiger partial charge in [0.25, 0.3) is 0 Å². The molecule has 96 valence electrons. The normalized spacial score (nSPS) is 13.6. The summed E-state index contributed by atoms with van der Waals surface area (Å²) in [5.74, 6) is 0.256. The van der Waals surface area contributed by atoms with Crippen LogP contribution < -0.4 is 0 Å². The molecule has 1 heterocycles. The number of furan rings is 1. The molecule has 0 bridgehead atoms. The molecule has 1 aromatic carbocycles. The molecule has 0 spiro atoms. The van der Waals surface area contributed by atoms with Gasteiger partial charge in [-0.05, 0) is 23.8 Å². The molecule has 1 aromatic heterocycles. The maximum atomic E-state index is 12.7. The molecule has 0 saturated carbocycles. The topological polar surface area (TPSA) is 33.4 Å². The molecule has 1 unspecified atom stereocenters. The zero-order valence-corrected chi connectivity index (χ0v) is 9.32. The Labute approximate surface area is 102 Å². The molecule has 5 heteroatoms. The van der Waals surface area contributed by atoms with Crippen LogP contribution >= 0.6 is 0 Å². The standard InChI is InChI=1S/C13H11F3O2/c14-13(15,16)10-5-2-1-4-9(10)8-11(17)12-6-3-7-18-12/h1-7,11,17H,8H2. The van der Waals surface area contributed by atoms with E-state index in [0.29, 0.717) is 0 Å². The van der Waals surface area contributed by atoms with Crippen LogP contribution in [-0.2, 0) is 12.6 Å². The third-order valence-electron chi connectivity index (χ3n) is 2.61. The number of benzene rings is 1. The smallest absolute Gasteiger partial charge is 0.416 e. The zero-order chi connectivity index (χ0) is 13.2. The lowest BCUT2D eigenvalue weighted by Crippen LogP contribution is -2.11. The second-order valence-electron chi connectivity index (χ2n) is 3.89. The predicted molar refractivity (Wildman–Crippen MR) is 58.8 cm³/mol. The second-order valence-corrected chi connectivity index (χ2v) is 3.89. The van der Waals surface area contributed by atoms with E-state index in [4.69, 9.17) is 4.42 Å². The van der Waals surface area contributed by atoms with E-state index in [1.807, 2.05) is 0 Å². The number of alkyl halides is 3. The Morgan fingerprint density at radius 1 is 1.11 bits per heavy atom. The molecule has 1 atom stereocenters. The average molecular weight is 256 g/mol. The van der Waals surface area contributed by atoms with Gasteiger partial charge in [-0.15, -0.1) is 0 Å². The van der Waals surface area contributed by atoms with Crippen LogP contribution in [0.15, 0.2) is 47.1 Å². The van der Waals surface area contributed by atoms with Crippen LogP contribution in [-0.4, -0.2) is 5.11 Å². The molecule has 18 heavy (non-hydrogen) atoms. The van der Waals surface area contributed by atoms with Crippen molar-refractivity contribution < 1.29 is 22.7 Å². The Balaban J connectivity index is 2.24. The van der Waals surface area contributed by atoms with Crippen LogP contribution in [0.5, 0.6) is 0 Å². The first-order chi connectivity index (χ1) is 8.48. The first-order valence-corrected chi connectivity index (χ1v) is 5.35. The van der Waals surface area contributed by atoms with E-state index < -0.39 is 17.8 Å². The van der Waals surface area contributed by atoms with Crippen LogP contribution in [0, 0.1) is 0 Å². The van der Waals surface area contributed by atoms with Crippen LogP contribution in [0.1, 0.15) is 23.0 Å². The summed E-state index contributed by atoms with van der Waals surface area (Å²) in [7, 11) is 0. The van der Waals surface area contributed by atoms with E-state index in [0.717, 1.165) is 6.07 Å². The minimum Gasteiger partial charge on any atom is -0.467 e. The van der Waals surface area contributed by atoms with Crippen molar-refractivity contribution in [2.45, 2.75) is 18.7 Å². The second kappa shape index (κ2) is 4.86. The van der Waals surface area contributed by atoms with Crippen LogP contribution in [0.2, 0.25) is 0 Å². The van der Waals surface area contributed by atoms with Gasteiger partial charge >= 0.3 is 6.18 Å². The van der Waals surface area contributed by atoms with Crippen LogP contribution in [0.4, 0.5) is 13.2 Å². The van der Waals surface area contributed by atoms with Gasteiger partial charge < -0.3 is 9.52 Å². The fraction of sp³-hybridized carbons (Fsp3) is 0.231. The van der Waals surface area contributed by atoms with E-state index in [1.54, 1.807) is 6.07 Å². The molecule has 0 aliphatic carbocycles. The summed E-state index contributed by atoms with van der Waals surface area (Å²) < 4.78 is 43.2. The van der Waals surface area contributed by atoms with Crippen molar-refractivity contribution in [1.82, 2.24) is 0 Å². The average Bonchev–Trinajstić information content (AvgIpc) is 2.81. The summed E-state index contributed by atoms with van der Waals surface area (Å²) in [6.45, 7) is 0. The molecule has 2 nitrogen and oxygen atoms in total. The molecule has 1 N–H and O–H groups in total. The molecule has 0 saturated heterocycles. The summed E-state index contributed by atoms with van der Waals surface area (Å²) in [4.78, 5) is 0. The molecule has 0 amide bonds. The van der Waals surface area contributed by atoms with Crippen molar-refractivity contribution in [1.29, 1.82) is 0 Å². The van der Waals surface area contributed by atoms with Crippen molar-refractivity contribution in [3.05, 3.63) is 59.5 Å². The van der Waals surface area contributed by atoms with E-state index in [1.165, 1.54) is 30.5 Å². The molecular weight excluding hydrogens is 245 g/mol. The van der Waals surface area contributed by atoms with E-state index >= 15 is 0 Å². The lowest BCUT2D eigenvalue weighted by Gasteiger charge is -2.14. The Morgan fingerprint density at radius 2 is 1.83 bits per heavy atom. The van der Waals surface area contributed by atoms with Gasteiger partial charge in [-0.1, -0.05) is 18.2 Å². The van der Waals surface area contributed by atoms with Gasteiger partial charge in [0.2, 0.25) is 0 Å². The first kappa shape index (κ1) is 12.7. The maximum Gasteiger partial charge on any atom is 0.416 e. The van der Waals surface area contributed by atoms with Gasteiger partial charge in [-0.3, -0.25) is 0 Å². The molecular formula is C13H11F3O2. The van der Waals surface area contributed by atoms with Crippen LogP contribution in [0.25, 0.3) is 0 Å². The highest BCUT2D eigenvalue weighted by atomic mass is 19.4. The number of hydrogen-bond donors (Lipinski definition) is 1. The van der Waals surface area contributed by atoms with E-state index in [9.17, 15) is 18.3 Å². The fourth-order valence-electron chi connectivity index (χ4n) is 1.76. The number of aliphatic hydroxyl groups is 1. The predicted octanol–water partition coefficient (Wildman–Crippen LogP) is 3.57. The Hall–Kier alpha value is -1.75. The largest absolute Gasteiger partial charge is 0.467 e. The number of aliphatic hydroxyl groups excluding tert-OH is 1. The van der Waals surface area contributed by atoms with Crippen molar-refractivity contribution >= 4 is 0 Å². The summed E-state index contributed by atoms with van der Waals surface area (Å²) in [5.41, 5.74) is -0.676. The first-order valence-electron chi connectivity index (χ1n) is 5.35. The zero-order valence-electron chi connectivity index (χ0n) is 9.32. The molecule has 2 rings (SSSR count). The number of halogens is 3. The molecule has 2 aromatic rings. The van der Waals surface area contributed by atoms with Crippen molar-refractivity contribution in [2.24, 2.45) is 0 Å². The van der Waals surface area contributed by atoms with Gasteiger partial charge in [0.05, 0.1) is 11.8 Å². The lowest BCUT2D eigenvalue weighted by atomic mass is 10.0. The van der Waals surface area contributed by atoms with E-state index in [2.05, 4.69) is 0 Å². The third-order valence-corrected chi connectivity index (χ3v) is 2.61. The number of hydrogen-bond acceptors (Lipinski definition) is 2. The quantitative estimate of drug-likeness (QED) is 0.910. The summed E-state index contributed by atoms with van der Waals surface area (Å²) in [5, 5.41) is 9.79. The van der Waals surface area contributed by atoms with Gasteiger partial charge in [-0.25, -0.2) is 0 Å². The van der Waals surface area contributed by atoms with Gasteiger partial charge in [0.15, 0.2) is 0 Å². The fourth-order valence-corrected chi connectivity index (χ4v) is 1.76. The van der Waals surface area contributed by atoms with Crippen molar-refractivity contribution in [3.63, 3.8) is 0 Å². The highest BCUT2D eigenvalue weighted by Crippen LogP contribution is 2.33. The minimum absolute atomic E-state index is 0.0499. The molecule has 0 aliphatic rings. The Kier molecular flexibility index (Phi) is 3.43. The highest BCUT2D eigenvalue weighted by Gasteiger charge is 2.33. The third kappa shape index (κ3) is 2.73. The van der Waals surface area contributed by atoms with Crippen LogP contribution in [0.3, 0.4) is 0 Å². The SMILES string of the molecule is OC(Cc1ccccc1C(F)(F)F)c1ccco1. The number of rotatable bonds is 3. The van der Waals surface area contributed by atoms with E-state index in [-0.39, 0.29) is 17.7 Å². The molecule has 0 radical (unpaired) electrons. The van der Waals surface area contributed by atoms with Crippen molar-refractivity contribution in [2.75, 3.05) is 0 Å². The highest BCUT2D eigenvalue weighted by molar-refractivity contribution is 5.30. The minimum atomic E-state index is -4.42. The summed E-state index contributed by atoms with van der Waals surface area (Å²) in [6, 6.07) is 8.30. The summed E-state index contributed by atoms with van der Waals surface area (Å²) >= 11 is 0. The lowest BCUT2D eigenvalue weighted by molar-refractivity contribution is -0.138. The van der Waals surface area contributed by atoms with Gasteiger partial charge in [0.1, 0.15) is 11.9 Å². The van der Waals surface area contributed by atoms with Gasteiger partial charge in [-0.2, -0.15) is 13.2 Å². The van der Waals surface area contributed by atoms with Crippen molar-refractivity contribution in [3.8, 4) is 0 Å². The molecule has 0 aliphatic heterocycles. The monoisotopic (exact) mass is 256 g/mol. The molecule has 0 fully saturated rings. The maximum absolute atomic E-state index is 12.7. The summed E-state index contributed by atoms with van der Waals surface area (Å²) in [6.07, 6.45) is -4.26. The Bertz CT molecular complexity index is 503. The van der Waals surface area contributed by atoms with Gasteiger partial charge in [0, 0.05) is 6.42 Å².